The van der Waals surface area contributed by atoms with E-state index in [1.807, 2.05) is 0 Å². The molecule has 1 rings (SSSR count). The molecule has 17 heavy (non-hydrogen) atoms. The van der Waals surface area contributed by atoms with Crippen LogP contribution in [0.5, 0.6) is 0 Å². The van der Waals surface area contributed by atoms with Crippen LogP contribution in [-0.2, 0) is 4.79 Å². The maximum atomic E-state index is 10.9. The van der Waals surface area contributed by atoms with Gasteiger partial charge < -0.3 is 5.11 Å². The maximum absolute atomic E-state index is 10.9. The lowest BCUT2D eigenvalue weighted by Gasteiger charge is -2.04. The number of aldehydes is 1. The van der Waals surface area contributed by atoms with E-state index in [0.717, 1.165) is 6.08 Å². The molecule has 0 saturated carbocycles. The Hall–Kier alpha value is -2.50. The molecule has 0 fully saturated rings. The monoisotopic (exact) mass is 235 g/mol. The van der Waals surface area contributed by atoms with Crippen molar-refractivity contribution in [3.05, 3.63) is 45.0 Å². The van der Waals surface area contributed by atoms with Gasteiger partial charge in [-0.1, -0.05) is 6.07 Å². The van der Waals surface area contributed by atoms with E-state index in [4.69, 9.17) is 5.11 Å². The number of carboxylic acids is 1. The molecule has 1 aromatic carbocycles. The van der Waals surface area contributed by atoms with Crippen molar-refractivity contribution >= 4 is 24.0 Å². The van der Waals surface area contributed by atoms with Crippen LogP contribution in [0.25, 0.3) is 6.08 Å². The normalized spacial score (nSPS) is 10.4. The third kappa shape index (κ3) is 2.75. The van der Waals surface area contributed by atoms with Gasteiger partial charge in [-0.05, 0) is 24.1 Å². The first-order valence-electron chi connectivity index (χ1n) is 4.61. The van der Waals surface area contributed by atoms with Crippen molar-refractivity contribution in [2.75, 3.05) is 0 Å². The van der Waals surface area contributed by atoms with E-state index < -0.39 is 10.9 Å². The van der Waals surface area contributed by atoms with Gasteiger partial charge in [-0.25, -0.2) is 4.79 Å². The molecule has 0 saturated heterocycles. The number of hydrogen-bond donors (Lipinski definition) is 1. The lowest BCUT2D eigenvalue weighted by atomic mass is 10.0. The predicted molar refractivity (Wildman–Crippen MR) is 59.9 cm³/mol. The zero-order valence-corrected chi connectivity index (χ0v) is 8.91. The zero-order valence-electron chi connectivity index (χ0n) is 8.91. The number of carboxylic acid groups (broad SMARTS) is 1. The fraction of sp³-hybridized carbons (Fsp3) is 0.0909. The number of nitro benzene ring substituents is 1. The molecule has 0 amide bonds. The first kappa shape index (κ1) is 12.6. The van der Waals surface area contributed by atoms with E-state index in [2.05, 4.69) is 0 Å². The maximum Gasteiger partial charge on any atom is 0.328 e. The summed E-state index contributed by atoms with van der Waals surface area (Å²) < 4.78 is 0. The van der Waals surface area contributed by atoms with Crippen molar-refractivity contribution < 1.29 is 19.6 Å². The summed E-state index contributed by atoms with van der Waals surface area (Å²) >= 11 is 0. The van der Waals surface area contributed by atoms with Crippen molar-refractivity contribution in [2.24, 2.45) is 0 Å². The molecule has 0 aliphatic rings. The van der Waals surface area contributed by atoms with E-state index in [1.54, 1.807) is 6.92 Å². The molecule has 0 spiro atoms. The molecule has 0 heterocycles. The van der Waals surface area contributed by atoms with Crippen LogP contribution in [0.3, 0.4) is 0 Å². The van der Waals surface area contributed by atoms with Gasteiger partial charge in [0.1, 0.15) is 0 Å². The summed E-state index contributed by atoms with van der Waals surface area (Å²) in [6, 6.07) is 2.68. The number of rotatable bonds is 4. The van der Waals surface area contributed by atoms with Crippen LogP contribution in [0.15, 0.2) is 18.2 Å². The number of aliphatic carboxylic acids is 1. The minimum Gasteiger partial charge on any atom is -0.478 e. The van der Waals surface area contributed by atoms with Gasteiger partial charge in [0.05, 0.1) is 10.5 Å². The van der Waals surface area contributed by atoms with Crippen molar-refractivity contribution in [3.8, 4) is 0 Å². The summed E-state index contributed by atoms with van der Waals surface area (Å²) in [5.41, 5.74) is 0.384. The van der Waals surface area contributed by atoms with Crippen LogP contribution in [0.1, 0.15) is 21.5 Å². The van der Waals surface area contributed by atoms with Gasteiger partial charge in [0.2, 0.25) is 0 Å². The number of hydrogen-bond acceptors (Lipinski definition) is 4. The molecular weight excluding hydrogens is 226 g/mol. The topological polar surface area (TPSA) is 97.5 Å². The molecule has 1 aromatic rings. The smallest absolute Gasteiger partial charge is 0.328 e. The van der Waals surface area contributed by atoms with Crippen molar-refractivity contribution in [1.82, 2.24) is 0 Å². The van der Waals surface area contributed by atoms with E-state index in [0.29, 0.717) is 11.8 Å². The molecule has 0 aliphatic carbocycles. The summed E-state index contributed by atoms with van der Waals surface area (Å²) in [6.45, 7) is 1.64. The molecule has 88 valence electrons. The Morgan fingerprint density at radius 2 is 2.06 bits per heavy atom. The van der Waals surface area contributed by atoms with Crippen LogP contribution in [0, 0.1) is 17.0 Å². The number of nitro groups is 1. The molecule has 0 atom stereocenters. The third-order valence-electron chi connectivity index (χ3n) is 2.19. The largest absolute Gasteiger partial charge is 0.478 e. The van der Waals surface area contributed by atoms with Gasteiger partial charge in [0, 0.05) is 12.1 Å². The van der Waals surface area contributed by atoms with Crippen molar-refractivity contribution in [3.63, 3.8) is 0 Å². The molecular formula is C11H9NO5. The van der Waals surface area contributed by atoms with Gasteiger partial charge in [0.25, 0.3) is 5.69 Å². The minimum absolute atomic E-state index is 0.118. The lowest BCUT2D eigenvalue weighted by molar-refractivity contribution is -0.385. The highest BCUT2D eigenvalue weighted by Crippen LogP contribution is 2.24. The minimum atomic E-state index is -1.19. The Morgan fingerprint density at radius 1 is 1.41 bits per heavy atom. The quantitative estimate of drug-likeness (QED) is 0.371. The predicted octanol–water partition coefficient (Wildman–Crippen LogP) is 1.81. The van der Waals surface area contributed by atoms with Gasteiger partial charge >= 0.3 is 5.97 Å². The van der Waals surface area contributed by atoms with Crippen LogP contribution in [-0.4, -0.2) is 22.3 Å². The van der Waals surface area contributed by atoms with E-state index in [-0.39, 0.29) is 16.8 Å². The fourth-order valence-corrected chi connectivity index (χ4v) is 1.39. The molecule has 1 N–H and O–H groups in total. The van der Waals surface area contributed by atoms with Gasteiger partial charge in [-0.15, -0.1) is 0 Å². The average Bonchev–Trinajstić information content (AvgIpc) is 2.26. The van der Waals surface area contributed by atoms with E-state index >= 15 is 0 Å². The zero-order chi connectivity index (χ0) is 13.0. The lowest BCUT2D eigenvalue weighted by Crippen LogP contribution is -1.99. The first-order valence-corrected chi connectivity index (χ1v) is 4.61. The van der Waals surface area contributed by atoms with Crippen LogP contribution in [0.2, 0.25) is 0 Å². The molecule has 0 bridgehead atoms. The van der Waals surface area contributed by atoms with Gasteiger partial charge in [-0.2, -0.15) is 0 Å². The van der Waals surface area contributed by atoms with Crippen LogP contribution < -0.4 is 0 Å². The van der Waals surface area contributed by atoms with Crippen molar-refractivity contribution in [1.29, 1.82) is 0 Å². The molecule has 0 unspecified atom stereocenters. The third-order valence-corrected chi connectivity index (χ3v) is 2.19. The summed E-state index contributed by atoms with van der Waals surface area (Å²) in [5.74, 6) is -1.19. The molecule has 6 heteroatoms. The van der Waals surface area contributed by atoms with E-state index in [1.165, 1.54) is 18.2 Å². The second-order valence-electron chi connectivity index (χ2n) is 3.28. The number of carbonyl (C=O) groups is 2. The molecule has 0 radical (unpaired) electrons. The highest BCUT2D eigenvalue weighted by Gasteiger charge is 2.17. The average molecular weight is 235 g/mol. The highest BCUT2D eigenvalue weighted by atomic mass is 16.6. The van der Waals surface area contributed by atoms with Gasteiger partial charge in [0.15, 0.2) is 6.29 Å². The van der Waals surface area contributed by atoms with Crippen LogP contribution in [0.4, 0.5) is 5.69 Å². The van der Waals surface area contributed by atoms with Gasteiger partial charge in [-0.3, -0.25) is 14.9 Å². The Labute approximate surface area is 96.3 Å². The molecule has 0 aromatic heterocycles. The Morgan fingerprint density at radius 3 is 2.53 bits per heavy atom. The summed E-state index contributed by atoms with van der Waals surface area (Å²) in [4.78, 5) is 31.3. The number of nitrogens with zero attached hydrogens (tertiary/aromatic N) is 1. The van der Waals surface area contributed by atoms with Crippen molar-refractivity contribution in [2.45, 2.75) is 6.92 Å². The molecule has 6 nitrogen and oxygen atoms in total. The van der Waals surface area contributed by atoms with E-state index in [9.17, 15) is 19.7 Å². The standard InChI is InChI=1S/C11H9NO5/c1-7-2-4-10(12(16)17)9(6-13)8(7)3-5-11(14)15/h2-6H,1H3,(H,14,15)/b5-3+. The first-order chi connectivity index (χ1) is 7.97. The number of carbonyl (C=O) groups excluding carboxylic acids is 1. The SMILES string of the molecule is Cc1ccc([N+](=O)[O-])c(C=O)c1/C=C/C(=O)O. The van der Waals surface area contributed by atoms with Crippen LogP contribution >= 0.6 is 0 Å². The summed E-state index contributed by atoms with van der Waals surface area (Å²) in [6.07, 6.45) is 2.36. The Kier molecular flexibility index (Phi) is 3.71. The Bertz CT molecular complexity index is 519. The highest BCUT2D eigenvalue weighted by molar-refractivity contribution is 5.92. The summed E-state index contributed by atoms with van der Waals surface area (Å²) in [7, 11) is 0. The summed E-state index contributed by atoms with van der Waals surface area (Å²) in [5, 5.41) is 19.2. The second kappa shape index (κ2) is 5.02. The molecule has 0 aliphatic heterocycles. The second-order valence-corrected chi connectivity index (χ2v) is 3.28. The number of aryl methyl sites for hydroxylation is 1. The number of benzene rings is 1. The Balaban J connectivity index is 3.45. The fourth-order valence-electron chi connectivity index (χ4n) is 1.39.